The number of nitrogens with one attached hydrogen (secondary N) is 2. The molecule has 2 N–H and O–H groups in total. The number of H-pyrrole nitrogens is 1. The third kappa shape index (κ3) is 6.56. The first-order valence-electron chi connectivity index (χ1n) is 11.8. The monoisotopic (exact) mass is 587 g/mol. The number of aromatic amines is 1. The van der Waals surface area contributed by atoms with Crippen LogP contribution in [0, 0.1) is 11.5 Å². The van der Waals surface area contributed by atoms with E-state index in [0.29, 0.717) is 22.0 Å². The van der Waals surface area contributed by atoms with Gasteiger partial charge in [-0.2, -0.15) is 19.1 Å². The number of anilines is 1. The van der Waals surface area contributed by atoms with Gasteiger partial charge in [-0.3, -0.25) is 9.59 Å². The molecule has 1 aliphatic heterocycles. The maximum absolute atomic E-state index is 13.5. The number of benzene rings is 2. The molecule has 40 heavy (non-hydrogen) atoms. The number of nitrogens with zero attached hydrogens (tertiary/aromatic N) is 5. The first kappa shape index (κ1) is 28.5. The van der Waals surface area contributed by atoms with E-state index in [9.17, 15) is 23.6 Å². The van der Waals surface area contributed by atoms with E-state index in [-0.39, 0.29) is 35.5 Å². The molecule has 1 amide bonds. The Morgan fingerprint density at radius 3 is 2.70 bits per heavy atom. The molecule has 2 heterocycles. The minimum absolute atomic E-state index is 0.0339. The third-order valence-corrected chi connectivity index (χ3v) is 6.54. The number of rotatable bonds is 7. The number of ether oxygens (including phenoxy) is 1. The van der Waals surface area contributed by atoms with Crippen LogP contribution in [0.4, 0.5) is 14.5 Å². The van der Waals surface area contributed by atoms with Crippen LogP contribution in [0.3, 0.4) is 0 Å². The maximum Gasteiger partial charge on any atom is 0.387 e. The van der Waals surface area contributed by atoms with Crippen LogP contribution in [0.15, 0.2) is 75.6 Å². The van der Waals surface area contributed by atoms with E-state index in [1.807, 2.05) is 0 Å². The molecule has 2 aromatic carbocycles. The number of aromatic nitrogens is 1. The molecule has 14 heteroatoms. The fourth-order valence-corrected chi connectivity index (χ4v) is 4.38. The van der Waals surface area contributed by atoms with Gasteiger partial charge in [-0.25, -0.2) is 5.01 Å². The van der Waals surface area contributed by atoms with Crippen molar-refractivity contribution < 1.29 is 18.3 Å². The predicted molar refractivity (Wildman–Crippen MR) is 147 cm³/mol. The Bertz CT molecular complexity index is 1570. The number of hydrogen-bond donors (Lipinski definition) is 2. The summed E-state index contributed by atoms with van der Waals surface area (Å²) in [5, 5.41) is 18.9. The lowest BCUT2D eigenvalue weighted by atomic mass is 10.0. The highest BCUT2D eigenvalue weighted by Crippen LogP contribution is 2.28. The van der Waals surface area contributed by atoms with Gasteiger partial charge in [-0.1, -0.05) is 41.4 Å². The average molecular weight is 588 g/mol. The zero-order valence-corrected chi connectivity index (χ0v) is 22.3. The van der Waals surface area contributed by atoms with Crippen molar-refractivity contribution in [1.29, 1.82) is 5.26 Å². The SMILES string of the molecule is CCN(C(=O)c1cccc(=O)[nH]1)[C@H]1CN(C(=NC#N)Nc2cccc(OC(F)F)c2)N=C1c1ccc(Cl)c(Cl)c1. The number of aliphatic imine (C=N–C) groups is 1. The molecular formula is C26H21Cl2F2N7O3. The number of carbonyl (C=O) groups is 1. The Morgan fingerprint density at radius 1 is 1.25 bits per heavy atom. The molecule has 1 aliphatic rings. The third-order valence-electron chi connectivity index (χ3n) is 5.80. The zero-order valence-electron chi connectivity index (χ0n) is 20.8. The molecule has 0 bridgehead atoms. The number of hydrogen-bond acceptors (Lipinski definition) is 6. The Morgan fingerprint density at radius 2 is 2.02 bits per heavy atom. The fraction of sp³-hybridized carbons (Fsp3) is 0.192. The zero-order chi connectivity index (χ0) is 28.8. The van der Waals surface area contributed by atoms with Crippen LogP contribution in [0.2, 0.25) is 10.0 Å². The second-order valence-corrected chi connectivity index (χ2v) is 9.11. The summed E-state index contributed by atoms with van der Waals surface area (Å²) in [5.74, 6) is -0.591. The normalized spacial score (nSPS) is 15.0. The van der Waals surface area contributed by atoms with Crippen molar-refractivity contribution in [3.05, 3.63) is 92.3 Å². The summed E-state index contributed by atoms with van der Waals surface area (Å²) in [6.45, 7) is -0.963. The van der Waals surface area contributed by atoms with E-state index in [0.717, 1.165) is 0 Å². The topological polar surface area (TPSA) is 126 Å². The van der Waals surface area contributed by atoms with E-state index >= 15 is 0 Å². The van der Waals surface area contributed by atoms with Gasteiger partial charge in [-0.05, 0) is 37.3 Å². The molecule has 0 radical (unpaired) electrons. The van der Waals surface area contributed by atoms with Gasteiger partial charge < -0.3 is 19.9 Å². The highest BCUT2D eigenvalue weighted by atomic mass is 35.5. The minimum atomic E-state index is -3.02. The molecule has 10 nitrogen and oxygen atoms in total. The Labute approximate surface area is 237 Å². The summed E-state index contributed by atoms with van der Waals surface area (Å²) in [4.78, 5) is 33.2. The standard InChI is InChI=1S/C26H21Cl2F2N7O3/c1-2-36(24(39)20-7-4-8-22(38)34-20)21-13-37(35-23(21)15-9-10-18(27)19(28)11-15)26(32-14-31)33-16-5-3-6-17(12-16)40-25(29)30/h3-12,21,25H,2,13H2,1H3,(H,32,33)(H,34,38)/t21-/m0/s1. The summed E-state index contributed by atoms with van der Waals surface area (Å²) < 4.78 is 29.8. The van der Waals surface area contributed by atoms with Crippen LogP contribution in [0.5, 0.6) is 5.75 Å². The van der Waals surface area contributed by atoms with Crippen LogP contribution in [0.1, 0.15) is 23.0 Å². The molecule has 206 valence electrons. The number of carbonyl (C=O) groups excluding carboxylic acids is 1. The van der Waals surface area contributed by atoms with Gasteiger partial charge >= 0.3 is 6.61 Å². The summed E-state index contributed by atoms with van der Waals surface area (Å²) in [6.07, 6.45) is 1.70. The summed E-state index contributed by atoms with van der Waals surface area (Å²) in [5.41, 5.74) is 0.917. The molecule has 0 saturated carbocycles. The predicted octanol–water partition coefficient (Wildman–Crippen LogP) is 4.78. The molecule has 0 spiro atoms. The van der Waals surface area contributed by atoms with Crippen LogP contribution >= 0.6 is 23.2 Å². The lowest BCUT2D eigenvalue weighted by Gasteiger charge is -2.29. The van der Waals surface area contributed by atoms with Crippen molar-refractivity contribution in [2.45, 2.75) is 19.6 Å². The minimum Gasteiger partial charge on any atom is -0.435 e. The Kier molecular flexibility index (Phi) is 8.98. The van der Waals surface area contributed by atoms with Gasteiger partial charge in [0.25, 0.3) is 5.91 Å². The van der Waals surface area contributed by atoms with Crippen molar-refractivity contribution in [3.8, 4) is 11.9 Å². The van der Waals surface area contributed by atoms with Gasteiger partial charge in [0.05, 0.1) is 28.3 Å². The summed E-state index contributed by atoms with van der Waals surface area (Å²) >= 11 is 12.4. The Balaban J connectivity index is 1.72. The van der Waals surface area contributed by atoms with Gasteiger partial charge in [0, 0.05) is 29.9 Å². The van der Waals surface area contributed by atoms with Crippen LogP contribution in [-0.4, -0.2) is 58.2 Å². The van der Waals surface area contributed by atoms with Crippen molar-refractivity contribution in [2.75, 3.05) is 18.4 Å². The fourth-order valence-electron chi connectivity index (χ4n) is 4.08. The van der Waals surface area contributed by atoms with Gasteiger partial charge in [0.2, 0.25) is 17.7 Å². The molecule has 1 atom stereocenters. The maximum atomic E-state index is 13.5. The van der Waals surface area contributed by atoms with Crippen molar-refractivity contribution in [1.82, 2.24) is 14.9 Å². The molecule has 4 rings (SSSR count). The second-order valence-electron chi connectivity index (χ2n) is 8.30. The summed E-state index contributed by atoms with van der Waals surface area (Å²) in [7, 11) is 0. The number of guanidine groups is 1. The van der Waals surface area contributed by atoms with E-state index < -0.39 is 24.1 Å². The molecule has 0 aliphatic carbocycles. The van der Waals surface area contributed by atoms with E-state index in [4.69, 9.17) is 23.2 Å². The van der Waals surface area contributed by atoms with Gasteiger partial charge in [0.1, 0.15) is 11.4 Å². The molecule has 0 saturated heterocycles. The van der Waals surface area contributed by atoms with Gasteiger partial charge in [0.15, 0.2) is 0 Å². The molecule has 0 fully saturated rings. The smallest absolute Gasteiger partial charge is 0.387 e. The van der Waals surface area contributed by atoms with Gasteiger partial charge in [-0.15, -0.1) is 4.99 Å². The lowest BCUT2D eigenvalue weighted by molar-refractivity contribution is -0.0498. The number of alkyl halides is 2. The number of pyridine rings is 1. The van der Waals surface area contributed by atoms with Crippen LogP contribution < -0.4 is 15.6 Å². The largest absolute Gasteiger partial charge is 0.435 e. The first-order chi connectivity index (χ1) is 19.2. The second kappa shape index (κ2) is 12.6. The summed E-state index contributed by atoms with van der Waals surface area (Å²) in [6, 6.07) is 14.2. The van der Waals surface area contributed by atoms with Crippen LogP contribution in [0.25, 0.3) is 0 Å². The van der Waals surface area contributed by atoms with E-state index in [2.05, 4.69) is 25.1 Å². The average Bonchev–Trinajstić information content (AvgIpc) is 3.35. The number of hydrazone groups is 1. The highest BCUT2D eigenvalue weighted by molar-refractivity contribution is 6.42. The van der Waals surface area contributed by atoms with E-state index in [1.165, 1.54) is 46.3 Å². The molecular weight excluding hydrogens is 567 g/mol. The highest BCUT2D eigenvalue weighted by Gasteiger charge is 2.37. The number of nitriles is 1. The quantitative estimate of drug-likeness (QED) is 0.233. The van der Waals surface area contributed by atoms with Crippen molar-refractivity contribution in [2.24, 2.45) is 10.1 Å². The van der Waals surface area contributed by atoms with Crippen LogP contribution in [-0.2, 0) is 0 Å². The van der Waals surface area contributed by atoms with Crippen molar-refractivity contribution in [3.63, 3.8) is 0 Å². The van der Waals surface area contributed by atoms with E-state index in [1.54, 1.807) is 37.4 Å². The Hall–Kier alpha value is -4.47. The molecule has 0 unspecified atom stereocenters. The lowest BCUT2D eigenvalue weighted by Crippen LogP contribution is -2.48. The first-order valence-corrected chi connectivity index (χ1v) is 12.6. The number of likely N-dealkylation sites (N-methyl/N-ethyl adjacent to an activating group) is 1. The molecule has 3 aromatic rings. The number of halogens is 4. The number of amides is 1. The van der Waals surface area contributed by atoms with Crippen molar-refractivity contribution >= 4 is 46.5 Å². The molecule has 1 aromatic heterocycles.